The first-order valence-corrected chi connectivity index (χ1v) is 9.07. The smallest absolute Gasteiger partial charge is 0.322 e. The van der Waals surface area contributed by atoms with Crippen molar-refractivity contribution in [3.63, 3.8) is 0 Å². The lowest BCUT2D eigenvalue weighted by Gasteiger charge is -2.15. The minimum Gasteiger partial charge on any atom is -0.403 e. The highest BCUT2D eigenvalue weighted by Crippen LogP contribution is 2.27. The van der Waals surface area contributed by atoms with Crippen molar-refractivity contribution in [3.8, 4) is 11.5 Å². The Morgan fingerprint density at radius 3 is 2.46 bits per heavy atom. The van der Waals surface area contributed by atoms with Crippen LogP contribution in [0.1, 0.15) is 34.3 Å². The van der Waals surface area contributed by atoms with E-state index in [1.165, 1.54) is 36.1 Å². The number of carbonyl (C=O) groups excluding carboxylic acids is 1. The van der Waals surface area contributed by atoms with Crippen LogP contribution in [-0.2, 0) is 12.8 Å². The number of carbonyl (C=O) groups is 1. The van der Waals surface area contributed by atoms with Gasteiger partial charge in [-0.3, -0.25) is 10.1 Å². The van der Waals surface area contributed by atoms with Crippen molar-refractivity contribution in [3.05, 3.63) is 63.1 Å². The second kappa shape index (κ2) is 7.09. The number of hydrogen-bond donors (Lipinski definition) is 1. The monoisotopic (exact) mass is 387 g/mol. The normalized spacial score (nSPS) is 13.3. The zero-order valence-electron chi connectivity index (χ0n) is 13.8. The highest BCUT2D eigenvalue weighted by atomic mass is 35.5. The fraction of sp³-hybridized carbons (Fsp3) is 0.211. The minimum atomic E-state index is -0.421. The number of benzene rings is 2. The summed E-state index contributed by atoms with van der Waals surface area (Å²) in [6.07, 6.45) is 4.61. The number of aryl methyl sites for hydroxylation is 2. The van der Waals surface area contributed by atoms with Crippen LogP contribution >= 0.6 is 23.2 Å². The predicted octanol–water partition coefficient (Wildman–Crippen LogP) is 5.17. The average molecular weight is 388 g/mol. The number of nitrogens with zero attached hydrogens (tertiary/aromatic N) is 2. The molecule has 0 fully saturated rings. The molecule has 0 saturated carbocycles. The Labute approximate surface area is 160 Å². The van der Waals surface area contributed by atoms with Gasteiger partial charge in [0.25, 0.3) is 5.91 Å². The molecule has 132 valence electrons. The molecular weight excluding hydrogens is 373 g/mol. The molecule has 2 aromatic carbocycles. The van der Waals surface area contributed by atoms with Crippen molar-refractivity contribution in [1.82, 2.24) is 10.2 Å². The van der Waals surface area contributed by atoms with E-state index in [4.69, 9.17) is 27.6 Å². The topological polar surface area (TPSA) is 68.0 Å². The molecule has 0 aliphatic heterocycles. The van der Waals surface area contributed by atoms with E-state index >= 15 is 0 Å². The summed E-state index contributed by atoms with van der Waals surface area (Å²) in [5.74, 6) is -0.0483. The zero-order valence-corrected chi connectivity index (χ0v) is 15.3. The van der Waals surface area contributed by atoms with Crippen LogP contribution in [0.4, 0.5) is 6.01 Å². The van der Waals surface area contributed by atoms with Gasteiger partial charge in [0, 0.05) is 21.2 Å². The molecule has 1 heterocycles. The van der Waals surface area contributed by atoms with Gasteiger partial charge in [-0.1, -0.05) is 34.4 Å². The van der Waals surface area contributed by atoms with E-state index in [2.05, 4.69) is 27.6 Å². The molecule has 1 aliphatic carbocycles. The molecule has 3 aromatic rings. The van der Waals surface area contributed by atoms with Gasteiger partial charge < -0.3 is 4.42 Å². The first kappa shape index (κ1) is 17.1. The molecular formula is C19H15Cl2N3O2. The van der Waals surface area contributed by atoms with Crippen LogP contribution in [0.15, 0.2) is 40.8 Å². The summed E-state index contributed by atoms with van der Waals surface area (Å²) < 4.78 is 5.59. The van der Waals surface area contributed by atoms with E-state index in [1.807, 2.05) is 6.07 Å². The van der Waals surface area contributed by atoms with Gasteiger partial charge in [0.2, 0.25) is 5.89 Å². The van der Waals surface area contributed by atoms with Gasteiger partial charge in [0.05, 0.1) is 0 Å². The Hall–Kier alpha value is -2.37. The van der Waals surface area contributed by atoms with Crippen molar-refractivity contribution < 1.29 is 9.21 Å². The summed E-state index contributed by atoms with van der Waals surface area (Å²) in [4.78, 5) is 12.3. The molecule has 5 nitrogen and oxygen atoms in total. The molecule has 26 heavy (non-hydrogen) atoms. The average Bonchev–Trinajstić information content (AvgIpc) is 3.09. The third-order valence-corrected chi connectivity index (χ3v) is 4.80. The second-order valence-electron chi connectivity index (χ2n) is 6.22. The number of rotatable bonds is 3. The molecule has 1 aromatic heterocycles. The van der Waals surface area contributed by atoms with Crippen LogP contribution in [-0.4, -0.2) is 16.1 Å². The first-order valence-electron chi connectivity index (χ1n) is 8.31. The molecule has 0 spiro atoms. The maximum absolute atomic E-state index is 12.3. The molecule has 0 bridgehead atoms. The van der Waals surface area contributed by atoms with Gasteiger partial charge in [-0.05, 0) is 67.1 Å². The van der Waals surface area contributed by atoms with E-state index in [0.717, 1.165) is 18.4 Å². The fourth-order valence-corrected chi connectivity index (χ4v) is 3.64. The Morgan fingerprint density at radius 2 is 1.69 bits per heavy atom. The third-order valence-electron chi connectivity index (χ3n) is 4.37. The van der Waals surface area contributed by atoms with Gasteiger partial charge >= 0.3 is 6.01 Å². The highest BCUT2D eigenvalue weighted by Gasteiger charge is 2.16. The fourth-order valence-electron chi connectivity index (χ4n) is 3.11. The third kappa shape index (κ3) is 3.59. The van der Waals surface area contributed by atoms with Crippen LogP contribution in [0.5, 0.6) is 0 Å². The molecule has 1 amide bonds. The van der Waals surface area contributed by atoms with E-state index in [1.54, 1.807) is 6.07 Å². The van der Waals surface area contributed by atoms with Gasteiger partial charge in [-0.25, -0.2) is 0 Å². The van der Waals surface area contributed by atoms with Crippen LogP contribution < -0.4 is 5.32 Å². The lowest BCUT2D eigenvalue weighted by Crippen LogP contribution is -2.12. The van der Waals surface area contributed by atoms with Crippen molar-refractivity contribution >= 4 is 35.1 Å². The maximum Gasteiger partial charge on any atom is 0.322 e. The van der Waals surface area contributed by atoms with Crippen molar-refractivity contribution in [2.45, 2.75) is 25.7 Å². The number of amides is 1. The minimum absolute atomic E-state index is 0.0267. The summed E-state index contributed by atoms with van der Waals surface area (Å²) in [7, 11) is 0. The summed E-state index contributed by atoms with van der Waals surface area (Å²) in [5, 5.41) is 11.3. The van der Waals surface area contributed by atoms with Gasteiger partial charge in [0.1, 0.15) is 0 Å². The van der Waals surface area contributed by atoms with E-state index in [0.29, 0.717) is 21.5 Å². The molecule has 0 radical (unpaired) electrons. The Balaban J connectivity index is 1.53. The summed E-state index contributed by atoms with van der Waals surface area (Å²) >= 11 is 11.8. The van der Waals surface area contributed by atoms with Crippen molar-refractivity contribution in [2.24, 2.45) is 0 Å². The van der Waals surface area contributed by atoms with E-state index in [9.17, 15) is 4.79 Å². The van der Waals surface area contributed by atoms with Gasteiger partial charge in [-0.15, -0.1) is 5.10 Å². The number of hydrogen-bond acceptors (Lipinski definition) is 4. The Morgan fingerprint density at radius 1 is 0.962 bits per heavy atom. The Bertz CT molecular complexity index is 964. The maximum atomic E-state index is 12.3. The SMILES string of the molecule is O=C(Nc1nnc(-c2ccc3c(c2)CCCC3)o1)c1cc(Cl)cc(Cl)c1. The van der Waals surface area contributed by atoms with Crippen molar-refractivity contribution in [1.29, 1.82) is 0 Å². The standard InChI is InChI=1S/C19H15Cl2N3O2/c20-15-8-14(9-16(21)10-15)17(25)22-19-24-23-18(26-19)13-6-5-11-3-1-2-4-12(11)7-13/h5-10H,1-4H2,(H,22,24,25). The highest BCUT2D eigenvalue weighted by molar-refractivity contribution is 6.35. The number of nitrogens with one attached hydrogen (secondary N) is 1. The van der Waals surface area contributed by atoms with E-state index < -0.39 is 5.91 Å². The lowest BCUT2D eigenvalue weighted by molar-refractivity contribution is 0.102. The van der Waals surface area contributed by atoms with Crippen LogP contribution in [0.25, 0.3) is 11.5 Å². The van der Waals surface area contributed by atoms with E-state index in [-0.39, 0.29) is 6.01 Å². The second-order valence-corrected chi connectivity index (χ2v) is 7.09. The predicted molar refractivity (Wildman–Crippen MR) is 101 cm³/mol. The van der Waals surface area contributed by atoms with Crippen LogP contribution in [0, 0.1) is 0 Å². The molecule has 0 saturated heterocycles. The van der Waals surface area contributed by atoms with Gasteiger partial charge in [0.15, 0.2) is 0 Å². The summed E-state index contributed by atoms with van der Waals surface area (Å²) in [5.41, 5.74) is 3.87. The number of anilines is 1. The number of halogens is 2. The lowest BCUT2D eigenvalue weighted by atomic mass is 9.90. The zero-order chi connectivity index (χ0) is 18.1. The number of aromatic nitrogens is 2. The number of fused-ring (bicyclic) bond motifs is 1. The molecule has 0 unspecified atom stereocenters. The van der Waals surface area contributed by atoms with Crippen LogP contribution in [0.3, 0.4) is 0 Å². The molecule has 4 rings (SSSR count). The summed E-state index contributed by atoms with van der Waals surface area (Å²) in [6.45, 7) is 0. The van der Waals surface area contributed by atoms with Crippen molar-refractivity contribution in [2.75, 3.05) is 5.32 Å². The largest absolute Gasteiger partial charge is 0.403 e. The molecule has 0 atom stereocenters. The molecule has 1 N–H and O–H groups in total. The van der Waals surface area contributed by atoms with Gasteiger partial charge in [-0.2, -0.15) is 0 Å². The summed E-state index contributed by atoms with van der Waals surface area (Å²) in [6, 6.07) is 10.8. The van der Waals surface area contributed by atoms with Crippen LogP contribution in [0.2, 0.25) is 10.0 Å². The first-order chi connectivity index (χ1) is 12.6. The molecule has 7 heteroatoms. The Kier molecular flexibility index (Phi) is 4.66. The molecule has 1 aliphatic rings. The quantitative estimate of drug-likeness (QED) is 0.672.